The fourth-order valence-electron chi connectivity index (χ4n) is 1.93. The van der Waals surface area contributed by atoms with Crippen molar-refractivity contribution in [3.63, 3.8) is 0 Å². The highest BCUT2D eigenvalue weighted by Crippen LogP contribution is 2.46. The van der Waals surface area contributed by atoms with Gasteiger partial charge in [-0.2, -0.15) is 0 Å². The summed E-state index contributed by atoms with van der Waals surface area (Å²) in [5.74, 6) is 3.67. The van der Waals surface area contributed by atoms with Crippen molar-refractivity contribution < 1.29 is 0 Å². The van der Waals surface area contributed by atoms with E-state index in [-0.39, 0.29) is 0 Å². The summed E-state index contributed by atoms with van der Waals surface area (Å²) in [5, 5.41) is 9.31. The zero-order valence-electron chi connectivity index (χ0n) is 8.87. The Balaban J connectivity index is 2.35. The van der Waals surface area contributed by atoms with Crippen LogP contribution in [-0.4, -0.2) is 14.8 Å². The van der Waals surface area contributed by atoms with E-state index in [1.165, 1.54) is 12.2 Å². The van der Waals surface area contributed by atoms with Crippen LogP contribution >= 0.6 is 15.9 Å². The van der Waals surface area contributed by atoms with Gasteiger partial charge in [0.15, 0.2) is 0 Å². The Morgan fingerprint density at radius 1 is 1.50 bits per heavy atom. The number of alkyl halides is 1. The van der Waals surface area contributed by atoms with Gasteiger partial charge in [-0.1, -0.05) is 22.9 Å². The maximum atomic E-state index is 4.30. The molecule has 2 unspecified atom stereocenters. The first kappa shape index (κ1) is 10.1. The van der Waals surface area contributed by atoms with Crippen LogP contribution in [0.1, 0.15) is 50.8 Å². The summed E-state index contributed by atoms with van der Waals surface area (Å²) < 4.78 is 2.27. The molecule has 0 aromatic carbocycles. The summed E-state index contributed by atoms with van der Waals surface area (Å²) in [7, 11) is 0. The third-order valence-electron chi connectivity index (χ3n) is 2.87. The van der Waals surface area contributed by atoms with Gasteiger partial charge >= 0.3 is 0 Å². The van der Waals surface area contributed by atoms with Crippen molar-refractivity contribution in [1.82, 2.24) is 14.8 Å². The lowest BCUT2D eigenvalue weighted by Crippen LogP contribution is -2.09. The molecule has 1 aliphatic rings. The Morgan fingerprint density at radius 2 is 2.14 bits per heavy atom. The standard InChI is InChI=1S/C10H16BrN3/c1-6(2)14-9(5-11)12-13-10(14)8-4-7(8)3/h6-8H,4-5H2,1-3H3. The van der Waals surface area contributed by atoms with E-state index in [0.29, 0.717) is 12.0 Å². The minimum absolute atomic E-state index is 0.459. The molecule has 0 N–H and O–H groups in total. The molecule has 1 saturated carbocycles. The summed E-state index contributed by atoms with van der Waals surface area (Å²) in [5.41, 5.74) is 0. The molecule has 1 fully saturated rings. The molecule has 1 heterocycles. The molecule has 0 spiro atoms. The molecule has 0 radical (unpaired) electrons. The molecule has 1 aromatic rings. The summed E-state index contributed by atoms with van der Waals surface area (Å²) in [6.45, 7) is 6.65. The van der Waals surface area contributed by atoms with Gasteiger partial charge in [0.25, 0.3) is 0 Å². The van der Waals surface area contributed by atoms with E-state index in [2.05, 4.69) is 51.5 Å². The molecular weight excluding hydrogens is 242 g/mol. The van der Waals surface area contributed by atoms with E-state index in [0.717, 1.165) is 17.1 Å². The summed E-state index contributed by atoms with van der Waals surface area (Å²) >= 11 is 3.45. The van der Waals surface area contributed by atoms with E-state index in [9.17, 15) is 0 Å². The van der Waals surface area contributed by atoms with Crippen molar-refractivity contribution in [2.75, 3.05) is 0 Å². The molecule has 0 amide bonds. The highest BCUT2D eigenvalue weighted by atomic mass is 79.9. The molecule has 1 aliphatic carbocycles. The second kappa shape index (κ2) is 3.65. The van der Waals surface area contributed by atoms with Gasteiger partial charge in [0, 0.05) is 12.0 Å². The number of nitrogens with zero attached hydrogens (tertiary/aromatic N) is 3. The van der Waals surface area contributed by atoms with Crippen LogP contribution in [0, 0.1) is 5.92 Å². The summed E-state index contributed by atoms with van der Waals surface area (Å²) in [6.07, 6.45) is 1.27. The van der Waals surface area contributed by atoms with Crippen molar-refractivity contribution >= 4 is 15.9 Å². The van der Waals surface area contributed by atoms with Crippen LogP contribution in [0.3, 0.4) is 0 Å². The van der Waals surface area contributed by atoms with Gasteiger partial charge in [-0.3, -0.25) is 0 Å². The number of hydrogen-bond acceptors (Lipinski definition) is 2. The van der Waals surface area contributed by atoms with Crippen LogP contribution in [0.25, 0.3) is 0 Å². The Labute approximate surface area is 93.0 Å². The van der Waals surface area contributed by atoms with Gasteiger partial charge in [0.2, 0.25) is 0 Å². The largest absolute Gasteiger partial charge is 0.311 e. The highest BCUT2D eigenvalue weighted by Gasteiger charge is 2.38. The molecule has 14 heavy (non-hydrogen) atoms. The third kappa shape index (κ3) is 1.60. The molecule has 0 aliphatic heterocycles. The van der Waals surface area contributed by atoms with E-state index in [1.807, 2.05) is 0 Å². The zero-order valence-corrected chi connectivity index (χ0v) is 10.5. The highest BCUT2D eigenvalue weighted by molar-refractivity contribution is 9.08. The molecule has 2 rings (SSSR count). The van der Waals surface area contributed by atoms with Crippen LogP contribution in [0.2, 0.25) is 0 Å². The van der Waals surface area contributed by atoms with Crippen molar-refractivity contribution in [3.05, 3.63) is 11.6 Å². The number of aromatic nitrogens is 3. The SMILES string of the molecule is CC1CC1c1nnc(CBr)n1C(C)C. The minimum Gasteiger partial charge on any atom is -0.311 e. The molecule has 3 nitrogen and oxygen atoms in total. The zero-order chi connectivity index (χ0) is 10.3. The van der Waals surface area contributed by atoms with Crippen molar-refractivity contribution in [3.8, 4) is 0 Å². The van der Waals surface area contributed by atoms with Gasteiger partial charge in [0.05, 0.1) is 5.33 Å². The lowest BCUT2D eigenvalue weighted by atomic mass is 10.3. The van der Waals surface area contributed by atoms with Crippen molar-refractivity contribution in [2.24, 2.45) is 5.92 Å². The third-order valence-corrected chi connectivity index (χ3v) is 3.37. The number of hydrogen-bond donors (Lipinski definition) is 0. The first-order valence-electron chi connectivity index (χ1n) is 5.14. The van der Waals surface area contributed by atoms with Crippen LogP contribution in [0.4, 0.5) is 0 Å². The average Bonchev–Trinajstić information content (AvgIpc) is 2.72. The topological polar surface area (TPSA) is 30.7 Å². The Kier molecular flexibility index (Phi) is 2.64. The smallest absolute Gasteiger partial charge is 0.143 e. The fourth-order valence-corrected chi connectivity index (χ4v) is 2.31. The summed E-state index contributed by atoms with van der Waals surface area (Å²) in [6, 6.07) is 0.459. The number of halogens is 1. The van der Waals surface area contributed by atoms with Gasteiger partial charge in [0.1, 0.15) is 11.6 Å². The van der Waals surface area contributed by atoms with Gasteiger partial charge < -0.3 is 4.57 Å². The van der Waals surface area contributed by atoms with E-state index >= 15 is 0 Å². The first-order valence-corrected chi connectivity index (χ1v) is 6.27. The molecule has 78 valence electrons. The van der Waals surface area contributed by atoms with Crippen LogP contribution in [0.5, 0.6) is 0 Å². The normalized spacial score (nSPS) is 25.8. The quantitative estimate of drug-likeness (QED) is 0.780. The molecule has 4 heteroatoms. The maximum absolute atomic E-state index is 4.30. The average molecular weight is 258 g/mol. The van der Waals surface area contributed by atoms with Gasteiger partial charge in [-0.15, -0.1) is 10.2 Å². The van der Waals surface area contributed by atoms with Crippen molar-refractivity contribution in [1.29, 1.82) is 0 Å². The maximum Gasteiger partial charge on any atom is 0.143 e. The second-order valence-electron chi connectivity index (χ2n) is 4.39. The predicted molar refractivity (Wildman–Crippen MR) is 59.6 cm³/mol. The molecular formula is C10H16BrN3. The first-order chi connectivity index (χ1) is 6.65. The molecule has 2 atom stereocenters. The van der Waals surface area contributed by atoms with Crippen molar-refractivity contribution in [2.45, 2.75) is 44.5 Å². The Bertz CT molecular complexity index is 332. The fraction of sp³-hybridized carbons (Fsp3) is 0.800. The minimum atomic E-state index is 0.459. The van der Waals surface area contributed by atoms with E-state index in [1.54, 1.807) is 0 Å². The van der Waals surface area contributed by atoms with Crippen LogP contribution in [0.15, 0.2) is 0 Å². The lowest BCUT2D eigenvalue weighted by Gasteiger charge is -2.12. The van der Waals surface area contributed by atoms with E-state index in [4.69, 9.17) is 0 Å². The van der Waals surface area contributed by atoms with Gasteiger partial charge in [-0.05, 0) is 26.2 Å². The predicted octanol–water partition coefficient (Wildman–Crippen LogP) is 2.88. The summed E-state index contributed by atoms with van der Waals surface area (Å²) in [4.78, 5) is 0. The second-order valence-corrected chi connectivity index (χ2v) is 4.95. The van der Waals surface area contributed by atoms with Gasteiger partial charge in [-0.25, -0.2) is 0 Å². The molecule has 0 bridgehead atoms. The lowest BCUT2D eigenvalue weighted by molar-refractivity contribution is 0.549. The molecule has 1 aromatic heterocycles. The number of rotatable bonds is 3. The van der Waals surface area contributed by atoms with E-state index < -0.39 is 0 Å². The monoisotopic (exact) mass is 257 g/mol. The van der Waals surface area contributed by atoms with Crippen LogP contribution < -0.4 is 0 Å². The Hall–Kier alpha value is -0.380. The molecule has 0 saturated heterocycles. The Morgan fingerprint density at radius 3 is 2.57 bits per heavy atom. The van der Waals surface area contributed by atoms with Crippen LogP contribution in [-0.2, 0) is 5.33 Å².